The van der Waals surface area contributed by atoms with Gasteiger partial charge in [-0.15, -0.1) is 0 Å². The monoisotopic (exact) mass is 178 g/mol. The van der Waals surface area contributed by atoms with E-state index >= 15 is 0 Å². The highest BCUT2D eigenvalue weighted by atomic mass is 16.1. The van der Waals surface area contributed by atoms with Crippen LogP contribution in [0.5, 0.6) is 0 Å². The highest BCUT2D eigenvalue weighted by Gasteiger charge is 2.63. The van der Waals surface area contributed by atoms with E-state index in [1.54, 1.807) is 0 Å². The molecule has 0 bridgehead atoms. The molecule has 0 aromatic heterocycles. The van der Waals surface area contributed by atoms with Crippen molar-refractivity contribution in [2.45, 2.75) is 45.4 Å². The third-order valence-corrected chi connectivity index (χ3v) is 5.04. The van der Waals surface area contributed by atoms with Crippen molar-refractivity contribution in [3.05, 3.63) is 0 Å². The van der Waals surface area contributed by atoms with Crippen LogP contribution in [0.2, 0.25) is 0 Å². The van der Waals surface area contributed by atoms with Gasteiger partial charge in [0.2, 0.25) is 0 Å². The average Bonchev–Trinajstić information content (AvgIpc) is 2.48. The van der Waals surface area contributed by atoms with Gasteiger partial charge in [0.05, 0.1) is 0 Å². The maximum Gasteiger partial charge on any atom is 0.136 e. The minimum atomic E-state index is 0.441. The molecule has 3 aliphatic rings. The Kier molecular flexibility index (Phi) is 1.46. The molecule has 0 amide bonds. The van der Waals surface area contributed by atoms with E-state index in [0.29, 0.717) is 17.1 Å². The van der Waals surface area contributed by atoms with Gasteiger partial charge in [-0.25, -0.2) is 0 Å². The van der Waals surface area contributed by atoms with Crippen molar-refractivity contribution in [1.82, 2.24) is 0 Å². The molecule has 13 heavy (non-hydrogen) atoms. The van der Waals surface area contributed by atoms with Crippen molar-refractivity contribution >= 4 is 5.78 Å². The van der Waals surface area contributed by atoms with E-state index in [2.05, 4.69) is 6.92 Å². The Bertz CT molecular complexity index is 258. The first-order valence-electron chi connectivity index (χ1n) is 5.76. The van der Waals surface area contributed by atoms with Crippen LogP contribution in [0.3, 0.4) is 0 Å². The average molecular weight is 178 g/mol. The normalized spacial score (nSPS) is 53.9. The Balaban J connectivity index is 1.93. The number of hydrogen-bond acceptors (Lipinski definition) is 1. The topological polar surface area (TPSA) is 17.1 Å². The number of carbonyl (C=O) groups excluding carboxylic acids is 1. The maximum atomic E-state index is 11.8. The van der Waals surface area contributed by atoms with Crippen molar-refractivity contribution in [3.63, 3.8) is 0 Å². The van der Waals surface area contributed by atoms with E-state index < -0.39 is 0 Å². The number of ketones is 1. The van der Waals surface area contributed by atoms with Gasteiger partial charge in [-0.1, -0.05) is 13.3 Å². The second-order valence-electron chi connectivity index (χ2n) is 5.50. The summed E-state index contributed by atoms with van der Waals surface area (Å²) < 4.78 is 0. The molecular formula is C12H18O. The van der Waals surface area contributed by atoms with E-state index in [1.165, 1.54) is 25.7 Å². The fourth-order valence-corrected chi connectivity index (χ4v) is 4.55. The predicted molar refractivity (Wildman–Crippen MR) is 51.3 cm³/mol. The van der Waals surface area contributed by atoms with E-state index in [9.17, 15) is 4.79 Å². The van der Waals surface area contributed by atoms with Crippen LogP contribution in [0.4, 0.5) is 0 Å². The fourth-order valence-electron chi connectivity index (χ4n) is 4.55. The summed E-state index contributed by atoms with van der Waals surface area (Å²) in [5, 5.41) is 0. The highest BCUT2D eigenvalue weighted by molar-refractivity contribution is 5.84. The number of Topliss-reactive ketones (excluding diaryl/α,β-unsaturated/α-hetero) is 1. The summed E-state index contributed by atoms with van der Waals surface area (Å²) in [6, 6.07) is 0. The van der Waals surface area contributed by atoms with Crippen LogP contribution < -0.4 is 0 Å². The quantitative estimate of drug-likeness (QED) is 0.557. The Labute approximate surface area is 79.9 Å². The molecule has 0 unspecified atom stereocenters. The van der Waals surface area contributed by atoms with Gasteiger partial charge in [-0.3, -0.25) is 4.79 Å². The van der Waals surface area contributed by atoms with Gasteiger partial charge in [-0.05, 0) is 42.9 Å². The van der Waals surface area contributed by atoms with Crippen LogP contribution in [0.1, 0.15) is 45.4 Å². The molecule has 3 saturated carbocycles. The number of fused-ring (bicyclic) bond motifs is 4. The first-order valence-corrected chi connectivity index (χ1v) is 5.76. The minimum Gasteiger partial charge on any atom is -0.299 e. The lowest BCUT2D eigenvalue weighted by Crippen LogP contribution is -2.58. The van der Waals surface area contributed by atoms with E-state index in [0.717, 1.165) is 24.7 Å². The molecule has 72 valence electrons. The van der Waals surface area contributed by atoms with Gasteiger partial charge in [0.25, 0.3) is 0 Å². The molecule has 0 heterocycles. The van der Waals surface area contributed by atoms with Crippen LogP contribution in [-0.4, -0.2) is 5.78 Å². The molecule has 3 rings (SSSR count). The first-order chi connectivity index (χ1) is 6.23. The van der Waals surface area contributed by atoms with Crippen LogP contribution in [0.25, 0.3) is 0 Å². The SMILES string of the molecule is C[C@]12CCCC(=O)[C@H]1[C@H]1CCC[C@H]12. The summed E-state index contributed by atoms with van der Waals surface area (Å²) in [6.07, 6.45) is 7.50. The van der Waals surface area contributed by atoms with Crippen LogP contribution in [-0.2, 0) is 4.79 Å². The number of hydrogen-bond donors (Lipinski definition) is 0. The lowest BCUT2D eigenvalue weighted by atomic mass is 9.44. The van der Waals surface area contributed by atoms with Crippen molar-refractivity contribution in [2.75, 3.05) is 0 Å². The summed E-state index contributed by atoms with van der Waals surface area (Å²) in [5.41, 5.74) is 0.441. The fraction of sp³-hybridized carbons (Fsp3) is 0.917. The summed E-state index contributed by atoms with van der Waals surface area (Å²) in [5.74, 6) is 2.80. The van der Waals surface area contributed by atoms with Crippen LogP contribution >= 0.6 is 0 Å². The zero-order valence-electron chi connectivity index (χ0n) is 8.38. The van der Waals surface area contributed by atoms with Gasteiger partial charge in [0.1, 0.15) is 5.78 Å². The Hall–Kier alpha value is -0.330. The molecule has 1 heteroatoms. The third-order valence-electron chi connectivity index (χ3n) is 5.04. The van der Waals surface area contributed by atoms with Crippen LogP contribution in [0.15, 0.2) is 0 Å². The zero-order valence-corrected chi connectivity index (χ0v) is 8.38. The standard InChI is InChI=1S/C12H18O/c1-12-7-3-6-10(13)11(12)8-4-2-5-9(8)12/h8-9,11H,2-7H2,1H3/t8-,9+,11+,12+/m0/s1. The van der Waals surface area contributed by atoms with Gasteiger partial charge < -0.3 is 0 Å². The van der Waals surface area contributed by atoms with E-state index in [1.807, 2.05) is 0 Å². The van der Waals surface area contributed by atoms with Gasteiger partial charge in [0.15, 0.2) is 0 Å². The number of rotatable bonds is 0. The molecule has 1 nitrogen and oxygen atoms in total. The second-order valence-corrected chi connectivity index (χ2v) is 5.50. The van der Waals surface area contributed by atoms with Crippen molar-refractivity contribution in [3.8, 4) is 0 Å². The first kappa shape index (κ1) is 8.02. The zero-order chi connectivity index (χ0) is 9.05. The summed E-state index contributed by atoms with van der Waals surface area (Å²) in [6.45, 7) is 2.38. The molecule has 0 spiro atoms. The molecule has 0 aliphatic heterocycles. The molecule has 0 N–H and O–H groups in total. The summed E-state index contributed by atoms with van der Waals surface area (Å²) >= 11 is 0. The lowest BCUT2D eigenvalue weighted by molar-refractivity contribution is -0.160. The molecule has 0 aromatic rings. The Morgan fingerprint density at radius 2 is 2.15 bits per heavy atom. The Morgan fingerprint density at radius 3 is 3.00 bits per heavy atom. The molecule has 4 atom stereocenters. The van der Waals surface area contributed by atoms with Gasteiger partial charge in [-0.2, -0.15) is 0 Å². The number of carbonyl (C=O) groups is 1. The third kappa shape index (κ3) is 0.812. The molecule has 3 aliphatic carbocycles. The molecule has 0 radical (unpaired) electrons. The van der Waals surface area contributed by atoms with Gasteiger partial charge >= 0.3 is 0 Å². The van der Waals surface area contributed by atoms with Crippen LogP contribution in [0, 0.1) is 23.2 Å². The molecule has 3 fully saturated rings. The molecular weight excluding hydrogens is 160 g/mol. The molecule has 0 saturated heterocycles. The summed E-state index contributed by atoms with van der Waals surface area (Å²) in [7, 11) is 0. The highest BCUT2D eigenvalue weighted by Crippen LogP contribution is 2.66. The largest absolute Gasteiger partial charge is 0.299 e. The minimum absolute atomic E-state index is 0.441. The smallest absolute Gasteiger partial charge is 0.136 e. The van der Waals surface area contributed by atoms with Crippen molar-refractivity contribution < 1.29 is 4.79 Å². The maximum absolute atomic E-state index is 11.8. The second kappa shape index (κ2) is 2.37. The van der Waals surface area contributed by atoms with E-state index in [4.69, 9.17) is 0 Å². The van der Waals surface area contributed by atoms with E-state index in [-0.39, 0.29) is 0 Å². The molecule has 0 aromatic carbocycles. The van der Waals surface area contributed by atoms with Crippen molar-refractivity contribution in [1.29, 1.82) is 0 Å². The summed E-state index contributed by atoms with van der Waals surface area (Å²) in [4.78, 5) is 11.8. The lowest BCUT2D eigenvalue weighted by Gasteiger charge is -2.59. The predicted octanol–water partition coefficient (Wildman–Crippen LogP) is 2.79. The van der Waals surface area contributed by atoms with Crippen molar-refractivity contribution in [2.24, 2.45) is 23.2 Å². The Morgan fingerprint density at radius 1 is 1.31 bits per heavy atom. The van der Waals surface area contributed by atoms with Gasteiger partial charge in [0, 0.05) is 12.3 Å².